The number of aliphatic hydroxyl groups is 1. The second-order valence-electron chi connectivity index (χ2n) is 10.6. The molecule has 1 N–H and O–H groups in total. The Kier molecular flexibility index (Phi) is 6.72. The highest BCUT2D eigenvalue weighted by Crippen LogP contribution is 2.41. The fourth-order valence-corrected chi connectivity index (χ4v) is 5.96. The highest BCUT2D eigenvalue weighted by Gasteiger charge is 2.35. The van der Waals surface area contributed by atoms with Crippen molar-refractivity contribution in [1.82, 2.24) is 24.1 Å². The van der Waals surface area contributed by atoms with Gasteiger partial charge in [-0.2, -0.15) is 5.26 Å². The van der Waals surface area contributed by atoms with Gasteiger partial charge >= 0.3 is 0 Å². The Bertz CT molecular complexity index is 1920. The Balaban J connectivity index is 1.40. The number of ether oxygens (including phenoxy) is 1. The summed E-state index contributed by atoms with van der Waals surface area (Å²) in [4.78, 5) is 25.2. The molecule has 1 aliphatic carbocycles. The third kappa shape index (κ3) is 4.92. The van der Waals surface area contributed by atoms with E-state index in [4.69, 9.17) is 26.6 Å². The van der Waals surface area contributed by atoms with E-state index in [-0.39, 0.29) is 28.9 Å². The number of aryl methyl sites for hydroxylation is 2. The average molecular weight is 573 g/mol. The average Bonchev–Trinajstić information content (AvgIpc) is 3.27. The van der Waals surface area contributed by atoms with Gasteiger partial charge in [-0.05, 0) is 50.8 Å². The van der Waals surface area contributed by atoms with Crippen LogP contribution < -0.4 is 10.3 Å². The molecule has 0 bridgehead atoms. The fourth-order valence-electron chi connectivity index (χ4n) is 5.69. The van der Waals surface area contributed by atoms with Crippen LogP contribution in [0.4, 0.5) is 4.39 Å². The SMILES string of the molecule is Cc1nc2cnc3cc(F)c(-c4ccc(Oc5cc(=O)n(C)cn5)cc4Cl)cc3c2n1C1CCC(O)(CC#N)CC1. The molecule has 1 fully saturated rings. The van der Waals surface area contributed by atoms with Gasteiger partial charge in [0.05, 0.1) is 46.4 Å². The van der Waals surface area contributed by atoms with E-state index in [0.29, 0.717) is 53.6 Å². The summed E-state index contributed by atoms with van der Waals surface area (Å²) in [5, 5.41) is 20.8. The topological polar surface area (TPSA) is 119 Å². The molecule has 0 unspecified atom stereocenters. The highest BCUT2D eigenvalue weighted by molar-refractivity contribution is 6.33. The number of rotatable bonds is 5. The third-order valence-corrected chi connectivity index (χ3v) is 8.16. The number of aromatic nitrogens is 5. The quantitative estimate of drug-likeness (QED) is 0.274. The van der Waals surface area contributed by atoms with Crippen LogP contribution in [0, 0.1) is 24.1 Å². The summed E-state index contributed by atoms with van der Waals surface area (Å²) >= 11 is 6.62. The summed E-state index contributed by atoms with van der Waals surface area (Å²) in [6.45, 7) is 1.93. The molecule has 3 aromatic heterocycles. The molecule has 0 aliphatic heterocycles. The van der Waals surface area contributed by atoms with Crippen LogP contribution >= 0.6 is 11.6 Å². The predicted octanol–water partition coefficient (Wildman–Crippen LogP) is 6.00. The third-order valence-electron chi connectivity index (χ3n) is 7.85. The first kappa shape index (κ1) is 26.9. The summed E-state index contributed by atoms with van der Waals surface area (Å²) in [6.07, 6.45) is 5.55. The van der Waals surface area contributed by atoms with Gasteiger partial charge in [-0.25, -0.2) is 14.4 Å². The maximum Gasteiger partial charge on any atom is 0.256 e. The lowest BCUT2D eigenvalue weighted by atomic mass is 9.80. The second-order valence-corrected chi connectivity index (χ2v) is 11.0. The van der Waals surface area contributed by atoms with Crippen LogP contribution in [-0.4, -0.2) is 34.8 Å². The van der Waals surface area contributed by atoms with Crippen LogP contribution in [0.15, 0.2) is 53.7 Å². The van der Waals surface area contributed by atoms with Crippen molar-refractivity contribution in [1.29, 1.82) is 5.26 Å². The minimum absolute atomic E-state index is 0.0708. The first-order chi connectivity index (χ1) is 19.7. The van der Waals surface area contributed by atoms with Crippen molar-refractivity contribution >= 4 is 33.5 Å². The lowest BCUT2D eigenvalue weighted by Crippen LogP contribution is -2.34. The van der Waals surface area contributed by atoms with Crippen molar-refractivity contribution in [2.24, 2.45) is 7.05 Å². The summed E-state index contributed by atoms with van der Waals surface area (Å²) in [5.41, 5.74) is 1.57. The minimum atomic E-state index is -0.964. The van der Waals surface area contributed by atoms with E-state index in [1.807, 2.05) is 6.92 Å². The second kappa shape index (κ2) is 10.3. The number of hydrogen-bond acceptors (Lipinski definition) is 7. The molecule has 0 atom stereocenters. The van der Waals surface area contributed by atoms with Gasteiger partial charge in [0.1, 0.15) is 29.2 Å². The highest BCUT2D eigenvalue weighted by atomic mass is 35.5. The Labute approximate surface area is 239 Å². The van der Waals surface area contributed by atoms with Gasteiger partial charge in [0.2, 0.25) is 5.88 Å². The number of imidazole rings is 1. The van der Waals surface area contributed by atoms with E-state index in [1.165, 1.54) is 23.0 Å². The molecule has 5 aromatic rings. The van der Waals surface area contributed by atoms with Gasteiger partial charge in [-0.3, -0.25) is 9.78 Å². The molecule has 0 radical (unpaired) electrons. The Hall–Kier alpha value is -4.33. The van der Waals surface area contributed by atoms with Crippen LogP contribution in [0.2, 0.25) is 5.02 Å². The molecule has 41 heavy (non-hydrogen) atoms. The molecule has 6 rings (SSSR count). The van der Waals surface area contributed by atoms with Crippen molar-refractivity contribution < 1.29 is 14.2 Å². The number of pyridine rings is 1. The molecule has 11 heteroatoms. The van der Waals surface area contributed by atoms with E-state index >= 15 is 4.39 Å². The van der Waals surface area contributed by atoms with Crippen molar-refractivity contribution in [2.45, 2.75) is 50.7 Å². The number of hydrogen-bond donors (Lipinski definition) is 1. The molecule has 0 amide bonds. The maximum absolute atomic E-state index is 15.5. The summed E-state index contributed by atoms with van der Waals surface area (Å²) < 4.78 is 24.7. The molecule has 9 nitrogen and oxygen atoms in total. The lowest BCUT2D eigenvalue weighted by molar-refractivity contribution is -0.00299. The Morgan fingerprint density at radius 1 is 1.17 bits per heavy atom. The van der Waals surface area contributed by atoms with E-state index < -0.39 is 11.4 Å². The molecule has 208 valence electrons. The van der Waals surface area contributed by atoms with Crippen LogP contribution in [-0.2, 0) is 7.05 Å². The fraction of sp³-hybridized carbons (Fsp3) is 0.300. The Morgan fingerprint density at radius 2 is 1.95 bits per heavy atom. The van der Waals surface area contributed by atoms with Crippen molar-refractivity contribution in [3.63, 3.8) is 0 Å². The van der Waals surface area contributed by atoms with Gasteiger partial charge in [0.25, 0.3) is 5.56 Å². The van der Waals surface area contributed by atoms with Crippen LogP contribution in [0.1, 0.15) is 44.0 Å². The first-order valence-corrected chi connectivity index (χ1v) is 13.6. The van der Waals surface area contributed by atoms with Crippen LogP contribution in [0.5, 0.6) is 11.6 Å². The van der Waals surface area contributed by atoms with Crippen molar-refractivity contribution in [3.05, 3.63) is 75.9 Å². The zero-order valence-electron chi connectivity index (χ0n) is 22.4. The number of halogens is 2. The normalized spacial score (nSPS) is 19.0. The summed E-state index contributed by atoms with van der Waals surface area (Å²) in [6, 6.07) is 11.4. The van der Waals surface area contributed by atoms with E-state index in [2.05, 4.69) is 20.6 Å². The van der Waals surface area contributed by atoms with E-state index in [0.717, 1.165) is 16.7 Å². The van der Waals surface area contributed by atoms with Crippen molar-refractivity contribution in [2.75, 3.05) is 0 Å². The molecular weight excluding hydrogens is 547 g/mol. The lowest BCUT2D eigenvalue weighted by Gasteiger charge is -2.35. The molecule has 1 aliphatic rings. The monoisotopic (exact) mass is 572 g/mol. The Morgan fingerprint density at radius 3 is 2.66 bits per heavy atom. The largest absolute Gasteiger partial charge is 0.439 e. The molecule has 0 saturated heterocycles. The van der Waals surface area contributed by atoms with Gasteiger partial charge in [-0.15, -0.1) is 0 Å². The molecule has 1 saturated carbocycles. The van der Waals surface area contributed by atoms with E-state index in [9.17, 15) is 9.90 Å². The smallest absolute Gasteiger partial charge is 0.256 e. The van der Waals surface area contributed by atoms with Crippen LogP contribution in [0.25, 0.3) is 33.1 Å². The number of fused-ring (bicyclic) bond motifs is 3. The van der Waals surface area contributed by atoms with Gasteiger partial charge in [0, 0.05) is 41.7 Å². The van der Waals surface area contributed by atoms with E-state index in [1.54, 1.807) is 37.5 Å². The molecule has 0 spiro atoms. The number of nitrogens with zero attached hydrogens (tertiary/aromatic N) is 6. The summed E-state index contributed by atoms with van der Waals surface area (Å²) in [7, 11) is 1.59. The first-order valence-electron chi connectivity index (χ1n) is 13.2. The van der Waals surface area contributed by atoms with Gasteiger partial charge in [-0.1, -0.05) is 11.6 Å². The molecule has 3 heterocycles. The van der Waals surface area contributed by atoms with Crippen molar-refractivity contribution in [3.8, 4) is 28.8 Å². The minimum Gasteiger partial charge on any atom is -0.439 e. The van der Waals surface area contributed by atoms with Gasteiger partial charge in [0.15, 0.2) is 0 Å². The standard InChI is InChI=1S/C30H26ClFN6O3/c1-17-36-26-15-34-25-13-24(32)21(12-22(25)29(26)38(17)18-5-7-30(40,8-6-18)9-10-33)20-4-3-19(11-23(20)31)41-27-14-28(39)37(2)16-35-27/h3-4,11-16,18,40H,5-9H2,1-2H3. The zero-order chi connectivity index (χ0) is 28.9. The molecular formula is C30H26ClFN6O3. The predicted molar refractivity (Wildman–Crippen MR) is 152 cm³/mol. The summed E-state index contributed by atoms with van der Waals surface area (Å²) in [5.74, 6) is 0.807. The zero-order valence-corrected chi connectivity index (χ0v) is 23.2. The maximum atomic E-state index is 15.5. The van der Waals surface area contributed by atoms with Crippen LogP contribution in [0.3, 0.4) is 0 Å². The molecule has 2 aromatic carbocycles. The number of benzene rings is 2. The number of nitriles is 1. The van der Waals surface area contributed by atoms with Gasteiger partial charge < -0.3 is 19.0 Å².